The van der Waals surface area contributed by atoms with Gasteiger partial charge in [-0.25, -0.2) is 4.39 Å². The molecule has 2 nitrogen and oxygen atoms in total. The molecule has 1 aliphatic rings. The lowest BCUT2D eigenvalue weighted by molar-refractivity contribution is 0.303. The molecule has 0 radical (unpaired) electrons. The first kappa shape index (κ1) is 11.4. The highest BCUT2D eigenvalue weighted by Crippen LogP contribution is 2.38. The van der Waals surface area contributed by atoms with E-state index in [1.165, 1.54) is 12.5 Å². The molecule has 1 aromatic carbocycles. The van der Waals surface area contributed by atoms with Gasteiger partial charge in [0.25, 0.3) is 0 Å². The van der Waals surface area contributed by atoms with E-state index in [1.807, 2.05) is 7.05 Å². The van der Waals surface area contributed by atoms with E-state index in [2.05, 4.69) is 11.8 Å². The van der Waals surface area contributed by atoms with Crippen LogP contribution < -0.4 is 5.73 Å². The topological polar surface area (TPSA) is 29.3 Å². The average molecular weight is 222 g/mol. The van der Waals surface area contributed by atoms with Crippen LogP contribution in [-0.2, 0) is 6.54 Å². The molecule has 0 spiro atoms. The molecule has 2 unspecified atom stereocenters. The van der Waals surface area contributed by atoms with E-state index in [0.29, 0.717) is 17.8 Å². The molecular formula is C13H19FN2. The van der Waals surface area contributed by atoms with Crippen molar-refractivity contribution in [3.05, 3.63) is 29.6 Å². The summed E-state index contributed by atoms with van der Waals surface area (Å²) in [4.78, 5) is 2.16. The van der Waals surface area contributed by atoms with Gasteiger partial charge in [-0.1, -0.05) is 13.0 Å². The Morgan fingerprint density at radius 3 is 2.75 bits per heavy atom. The van der Waals surface area contributed by atoms with Crippen molar-refractivity contribution in [3.63, 3.8) is 0 Å². The van der Waals surface area contributed by atoms with Crippen molar-refractivity contribution in [2.24, 2.45) is 11.8 Å². The predicted molar refractivity (Wildman–Crippen MR) is 64.4 cm³/mol. The minimum Gasteiger partial charge on any atom is -0.398 e. The number of hydrogen-bond acceptors (Lipinski definition) is 2. The van der Waals surface area contributed by atoms with Gasteiger partial charge in [-0.15, -0.1) is 0 Å². The predicted octanol–water partition coefficient (Wildman–Crippen LogP) is 2.50. The van der Waals surface area contributed by atoms with Crippen LogP contribution in [0.5, 0.6) is 0 Å². The monoisotopic (exact) mass is 222 g/mol. The van der Waals surface area contributed by atoms with Crippen LogP contribution in [0.3, 0.4) is 0 Å². The molecule has 1 aliphatic carbocycles. The Morgan fingerprint density at radius 2 is 2.19 bits per heavy atom. The van der Waals surface area contributed by atoms with E-state index < -0.39 is 0 Å². The molecular weight excluding hydrogens is 203 g/mol. The first-order chi connectivity index (χ1) is 7.58. The number of hydrogen-bond donors (Lipinski definition) is 1. The first-order valence-electron chi connectivity index (χ1n) is 5.79. The Kier molecular flexibility index (Phi) is 3.15. The average Bonchev–Trinajstić information content (AvgIpc) is 2.88. The van der Waals surface area contributed by atoms with Gasteiger partial charge in [0, 0.05) is 24.3 Å². The van der Waals surface area contributed by atoms with Gasteiger partial charge in [-0.05, 0) is 37.4 Å². The molecule has 16 heavy (non-hydrogen) atoms. The van der Waals surface area contributed by atoms with Gasteiger partial charge in [0.05, 0.1) is 0 Å². The summed E-state index contributed by atoms with van der Waals surface area (Å²) in [6.45, 7) is 3.90. The van der Waals surface area contributed by atoms with Crippen molar-refractivity contribution in [2.75, 3.05) is 19.3 Å². The molecule has 0 saturated heterocycles. The summed E-state index contributed by atoms with van der Waals surface area (Å²) in [5.74, 6) is 1.43. The lowest BCUT2D eigenvalue weighted by Gasteiger charge is -2.18. The van der Waals surface area contributed by atoms with Crippen molar-refractivity contribution in [2.45, 2.75) is 19.9 Å². The molecule has 1 fully saturated rings. The first-order valence-corrected chi connectivity index (χ1v) is 5.79. The fourth-order valence-electron chi connectivity index (χ4n) is 2.13. The Labute approximate surface area is 96.2 Å². The minimum absolute atomic E-state index is 0.198. The number of nitrogens with two attached hydrogens (primary N) is 1. The number of halogens is 1. The zero-order chi connectivity index (χ0) is 11.7. The number of benzene rings is 1. The molecule has 0 bridgehead atoms. The smallest absolute Gasteiger partial charge is 0.129 e. The van der Waals surface area contributed by atoms with Crippen LogP contribution in [0.1, 0.15) is 18.9 Å². The Bertz CT molecular complexity index is 358. The molecule has 0 heterocycles. The van der Waals surface area contributed by atoms with Gasteiger partial charge < -0.3 is 10.6 Å². The Balaban J connectivity index is 1.97. The fraction of sp³-hybridized carbons (Fsp3) is 0.538. The Hall–Kier alpha value is -1.09. The van der Waals surface area contributed by atoms with Crippen molar-refractivity contribution in [1.82, 2.24) is 4.90 Å². The summed E-state index contributed by atoms with van der Waals surface area (Å²) in [5, 5.41) is 0. The van der Waals surface area contributed by atoms with Crippen molar-refractivity contribution < 1.29 is 4.39 Å². The highest BCUT2D eigenvalue weighted by molar-refractivity contribution is 5.47. The third-order valence-corrected chi connectivity index (χ3v) is 3.41. The van der Waals surface area contributed by atoms with E-state index >= 15 is 0 Å². The summed E-state index contributed by atoms with van der Waals surface area (Å²) in [6, 6.07) is 4.88. The van der Waals surface area contributed by atoms with E-state index in [-0.39, 0.29) is 5.82 Å². The summed E-state index contributed by atoms with van der Waals surface area (Å²) in [6.07, 6.45) is 1.30. The van der Waals surface area contributed by atoms with Crippen molar-refractivity contribution in [3.8, 4) is 0 Å². The zero-order valence-corrected chi connectivity index (χ0v) is 9.91. The van der Waals surface area contributed by atoms with E-state index in [1.54, 1.807) is 12.1 Å². The highest BCUT2D eigenvalue weighted by atomic mass is 19.1. The van der Waals surface area contributed by atoms with Gasteiger partial charge in [-0.2, -0.15) is 0 Å². The van der Waals surface area contributed by atoms with Crippen molar-refractivity contribution in [1.29, 1.82) is 0 Å². The third-order valence-electron chi connectivity index (χ3n) is 3.41. The maximum absolute atomic E-state index is 13.5. The van der Waals surface area contributed by atoms with E-state index in [9.17, 15) is 4.39 Å². The molecule has 2 atom stereocenters. The van der Waals surface area contributed by atoms with E-state index in [4.69, 9.17) is 5.73 Å². The van der Waals surface area contributed by atoms with Crippen LogP contribution in [0.15, 0.2) is 18.2 Å². The van der Waals surface area contributed by atoms with Crippen LogP contribution in [0, 0.1) is 17.7 Å². The van der Waals surface area contributed by atoms with Gasteiger partial charge in [0.1, 0.15) is 5.82 Å². The lowest BCUT2D eigenvalue weighted by Crippen LogP contribution is -2.22. The van der Waals surface area contributed by atoms with Crippen molar-refractivity contribution >= 4 is 5.69 Å². The number of nitrogens with zero attached hydrogens (tertiary/aromatic N) is 1. The second-order valence-electron chi connectivity index (χ2n) is 4.98. The number of anilines is 1. The summed E-state index contributed by atoms with van der Waals surface area (Å²) in [5.41, 5.74) is 6.95. The lowest BCUT2D eigenvalue weighted by atomic mass is 10.1. The van der Waals surface area contributed by atoms with Crippen LogP contribution >= 0.6 is 0 Å². The molecule has 1 saturated carbocycles. The molecule has 88 valence electrons. The third kappa shape index (κ3) is 2.53. The highest BCUT2D eigenvalue weighted by Gasteiger charge is 2.33. The largest absolute Gasteiger partial charge is 0.398 e. The normalized spacial score (nSPS) is 23.8. The van der Waals surface area contributed by atoms with Crippen LogP contribution in [0.25, 0.3) is 0 Å². The number of nitrogen functional groups attached to an aromatic ring is 1. The van der Waals surface area contributed by atoms with Gasteiger partial charge in [0.2, 0.25) is 0 Å². The minimum atomic E-state index is -0.198. The summed E-state index contributed by atoms with van der Waals surface area (Å²) >= 11 is 0. The molecule has 0 aromatic heterocycles. The standard InChI is InChI=1S/C13H19FN2/c1-9-6-10(9)7-16(2)8-11-12(14)4-3-5-13(11)15/h3-5,9-10H,6-8,15H2,1-2H3. The zero-order valence-electron chi connectivity index (χ0n) is 9.91. The molecule has 1 aromatic rings. The molecule has 3 heteroatoms. The van der Waals surface area contributed by atoms with Crippen LogP contribution in [0.4, 0.5) is 10.1 Å². The van der Waals surface area contributed by atoms with Crippen LogP contribution in [-0.4, -0.2) is 18.5 Å². The number of rotatable bonds is 4. The maximum atomic E-state index is 13.5. The second-order valence-corrected chi connectivity index (χ2v) is 4.98. The SMILES string of the molecule is CC1CC1CN(C)Cc1c(N)cccc1F. The van der Waals surface area contributed by atoms with Gasteiger partial charge in [-0.3, -0.25) is 0 Å². The van der Waals surface area contributed by atoms with Gasteiger partial charge >= 0.3 is 0 Å². The fourth-order valence-corrected chi connectivity index (χ4v) is 2.13. The van der Waals surface area contributed by atoms with Crippen LogP contribution in [0.2, 0.25) is 0 Å². The summed E-state index contributed by atoms with van der Waals surface area (Å²) in [7, 11) is 2.02. The second kappa shape index (κ2) is 4.42. The quantitative estimate of drug-likeness (QED) is 0.793. The molecule has 2 N–H and O–H groups in total. The molecule has 2 rings (SSSR count). The van der Waals surface area contributed by atoms with E-state index in [0.717, 1.165) is 18.4 Å². The molecule has 0 amide bonds. The molecule has 0 aliphatic heterocycles. The Morgan fingerprint density at radius 1 is 1.50 bits per heavy atom. The summed E-state index contributed by atoms with van der Waals surface area (Å²) < 4.78 is 13.5. The van der Waals surface area contributed by atoms with Gasteiger partial charge in [0.15, 0.2) is 0 Å². The maximum Gasteiger partial charge on any atom is 0.129 e.